The minimum Gasteiger partial charge on any atom is -0.404 e. The number of ether oxygens (including phenoxy) is 1. The molecular formula is C22H22BrF3N4O3S. The second kappa shape index (κ2) is 10.0. The van der Waals surface area contributed by atoms with E-state index >= 15 is 0 Å². The number of para-hydroxylation sites is 1. The minimum atomic E-state index is -5.01. The number of halogens is 4. The topological polar surface area (TPSA) is 93.2 Å². The van der Waals surface area contributed by atoms with Crippen LogP contribution in [-0.2, 0) is 10.0 Å². The molecule has 0 amide bonds. The van der Waals surface area contributed by atoms with Crippen LogP contribution in [0, 0.1) is 5.92 Å². The Kier molecular flexibility index (Phi) is 7.29. The maximum atomic E-state index is 12.8. The minimum absolute atomic E-state index is 0.272. The van der Waals surface area contributed by atoms with Crippen molar-refractivity contribution in [1.82, 2.24) is 14.7 Å². The zero-order valence-electron chi connectivity index (χ0n) is 17.8. The van der Waals surface area contributed by atoms with E-state index in [1.165, 1.54) is 6.07 Å². The molecule has 2 N–H and O–H groups in total. The molecule has 182 valence electrons. The van der Waals surface area contributed by atoms with Crippen LogP contribution in [0.4, 0.5) is 19.1 Å². The molecule has 0 aliphatic heterocycles. The first-order valence-corrected chi connectivity index (χ1v) is 12.9. The zero-order valence-corrected chi connectivity index (χ0v) is 20.3. The first-order valence-electron chi connectivity index (χ1n) is 10.6. The Morgan fingerprint density at radius 3 is 2.56 bits per heavy atom. The Bertz CT molecular complexity index is 1270. The average Bonchev–Trinajstić information content (AvgIpc) is 2.77. The van der Waals surface area contributed by atoms with Crippen molar-refractivity contribution in [3.8, 4) is 5.75 Å². The third-order valence-electron chi connectivity index (χ3n) is 5.63. The van der Waals surface area contributed by atoms with Crippen molar-refractivity contribution in [1.29, 1.82) is 0 Å². The van der Waals surface area contributed by atoms with Crippen molar-refractivity contribution in [2.24, 2.45) is 5.92 Å². The maximum Gasteiger partial charge on any atom is 0.573 e. The fourth-order valence-corrected chi connectivity index (χ4v) is 5.72. The molecular weight excluding hydrogens is 537 g/mol. The van der Waals surface area contributed by atoms with E-state index in [2.05, 4.69) is 40.7 Å². The number of benzene rings is 2. The lowest BCUT2D eigenvalue weighted by molar-refractivity contribution is -0.275. The number of rotatable bonds is 7. The second-order valence-corrected chi connectivity index (χ2v) is 10.7. The van der Waals surface area contributed by atoms with Gasteiger partial charge >= 0.3 is 6.36 Å². The summed E-state index contributed by atoms with van der Waals surface area (Å²) in [5.74, 6) is 0.0595. The number of nitrogens with zero attached hydrogens (tertiary/aromatic N) is 2. The predicted octanol–water partition coefficient (Wildman–Crippen LogP) is 5.24. The molecule has 1 heterocycles. The highest BCUT2D eigenvalue weighted by Gasteiger charge is 2.35. The van der Waals surface area contributed by atoms with E-state index in [9.17, 15) is 21.6 Å². The number of aromatic nitrogens is 2. The summed E-state index contributed by atoms with van der Waals surface area (Å²) in [5.41, 5.74) is 0.847. The molecule has 1 aromatic heterocycles. The van der Waals surface area contributed by atoms with Gasteiger partial charge in [-0.1, -0.05) is 34.1 Å². The van der Waals surface area contributed by atoms with Gasteiger partial charge in [0, 0.05) is 28.6 Å². The van der Waals surface area contributed by atoms with Gasteiger partial charge in [0.05, 0.1) is 5.52 Å². The number of hydrogen-bond donors (Lipinski definition) is 2. The van der Waals surface area contributed by atoms with Crippen molar-refractivity contribution in [3.63, 3.8) is 0 Å². The van der Waals surface area contributed by atoms with Gasteiger partial charge in [-0.25, -0.2) is 23.1 Å². The molecule has 0 atom stereocenters. The highest BCUT2D eigenvalue weighted by atomic mass is 79.9. The number of sulfonamides is 1. The van der Waals surface area contributed by atoms with Crippen LogP contribution in [0.15, 0.2) is 58.0 Å². The fraction of sp³-hybridized carbons (Fsp3) is 0.364. The number of alkyl halides is 3. The largest absolute Gasteiger partial charge is 0.573 e. The lowest BCUT2D eigenvalue weighted by atomic mass is 9.86. The number of anilines is 1. The SMILES string of the molecule is O=S(=O)(NC1CCC(CNc2ncc3ccccc3n2)CC1)c1ccc(Br)cc1OC(F)(F)F. The van der Waals surface area contributed by atoms with Gasteiger partial charge < -0.3 is 10.1 Å². The highest BCUT2D eigenvalue weighted by molar-refractivity contribution is 9.10. The zero-order chi connectivity index (χ0) is 24.3. The summed E-state index contributed by atoms with van der Waals surface area (Å²) in [4.78, 5) is 8.26. The summed E-state index contributed by atoms with van der Waals surface area (Å²) in [7, 11) is -4.20. The smallest absolute Gasteiger partial charge is 0.404 e. The van der Waals surface area contributed by atoms with Crippen LogP contribution in [0.3, 0.4) is 0 Å². The third kappa shape index (κ3) is 6.36. The molecule has 1 aliphatic carbocycles. The summed E-state index contributed by atoms with van der Waals surface area (Å²) in [6, 6.07) is 10.7. The van der Waals surface area contributed by atoms with Gasteiger partial charge in [0.25, 0.3) is 0 Å². The van der Waals surface area contributed by atoms with E-state index in [4.69, 9.17) is 0 Å². The molecule has 0 unspecified atom stereocenters. The quantitative estimate of drug-likeness (QED) is 0.412. The molecule has 2 aromatic carbocycles. The molecule has 3 aromatic rings. The van der Waals surface area contributed by atoms with Crippen LogP contribution in [0.1, 0.15) is 25.7 Å². The van der Waals surface area contributed by atoms with Crippen LogP contribution in [0.25, 0.3) is 10.9 Å². The van der Waals surface area contributed by atoms with Gasteiger partial charge in [-0.2, -0.15) is 0 Å². The van der Waals surface area contributed by atoms with Crippen LogP contribution in [-0.4, -0.2) is 37.3 Å². The summed E-state index contributed by atoms with van der Waals surface area (Å²) < 4.78 is 70.6. The molecule has 1 fully saturated rings. The van der Waals surface area contributed by atoms with Crippen LogP contribution in [0.2, 0.25) is 0 Å². The van der Waals surface area contributed by atoms with Crippen molar-refractivity contribution in [2.75, 3.05) is 11.9 Å². The van der Waals surface area contributed by atoms with Crippen LogP contribution >= 0.6 is 15.9 Å². The molecule has 7 nitrogen and oxygen atoms in total. The average molecular weight is 559 g/mol. The molecule has 0 bridgehead atoms. The Morgan fingerprint density at radius 1 is 1.09 bits per heavy atom. The lowest BCUT2D eigenvalue weighted by Gasteiger charge is -2.29. The van der Waals surface area contributed by atoms with Gasteiger partial charge in [0.2, 0.25) is 16.0 Å². The molecule has 12 heteroatoms. The van der Waals surface area contributed by atoms with E-state index in [1.54, 1.807) is 6.20 Å². The van der Waals surface area contributed by atoms with E-state index in [1.807, 2.05) is 24.3 Å². The highest BCUT2D eigenvalue weighted by Crippen LogP contribution is 2.33. The van der Waals surface area contributed by atoms with Gasteiger partial charge in [0.1, 0.15) is 4.90 Å². The molecule has 0 radical (unpaired) electrons. The number of hydrogen-bond acceptors (Lipinski definition) is 6. The normalized spacial score (nSPS) is 19.2. The van der Waals surface area contributed by atoms with Crippen molar-refractivity contribution in [3.05, 3.63) is 53.1 Å². The third-order valence-corrected chi connectivity index (χ3v) is 7.68. The molecule has 1 aliphatic rings. The van der Waals surface area contributed by atoms with E-state index < -0.39 is 27.0 Å². The summed E-state index contributed by atoms with van der Waals surface area (Å²) in [5, 5.41) is 4.20. The van der Waals surface area contributed by atoms with Gasteiger partial charge in [-0.05, 0) is 55.9 Å². The Labute approximate surface area is 203 Å². The molecule has 1 saturated carbocycles. The first kappa shape index (κ1) is 24.7. The van der Waals surface area contributed by atoms with Gasteiger partial charge in [-0.15, -0.1) is 13.2 Å². The summed E-state index contributed by atoms with van der Waals surface area (Å²) in [6.45, 7) is 0.647. The second-order valence-electron chi connectivity index (χ2n) is 8.11. The van der Waals surface area contributed by atoms with Gasteiger partial charge in [-0.3, -0.25) is 0 Å². The standard InChI is InChI=1S/C22H22BrF3N4O3S/c23-16-7-10-20(19(11-16)33-22(24,25)26)34(31,32)30-17-8-5-14(6-9-17)12-27-21-28-13-15-3-1-2-4-18(15)29-21/h1-4,7,10-11,13-14,17,30H,5-6,8-9,12H2,(H,27,28,29). The monoisotopic (exact) mass is 558 g/mol. The molecule has 0 saturated heterocycles. The Morgan fingerprint density at radius 2 is 1.82 bits per heavy atom. The van der Waals surface area contributed by atoms with Crippen molar-refractivity contribution in [2.45, 2.75) is 43.0 Å². The molecule has 34 heavy (non-hydrogen) atoms. The summed E-state index contributed by atoms with van der Waals surface area (Å²) in [6.07, 6.45) is -0.619. The number of fused-ring (bicyclic) bond motifs is 1. The van der Waals surface area contributed by atoms with E-state index in [-0.39, 0.29) is 10.5 Å². The molecule has 4 rings (SSSR count). The van der Waals surface area contributed by atoms with Gasteiger partial charge in [0.15, 0.2) is 5.75 Å². The van der Waals surface area contributed by atoms with Crippen molar-refractivity contribution < 1.29 is 26.3 Å². The fourth-order valence-electron chi connectivity index (χ4n) is 3.97. The predicted molar refractivity (Wildman–Crippen MR) is 125 cm³/mol. The number of nitrogens with one attached hydrogen (secondary N) is 2. The van der Waals surface area contributed by atoms with E-state index in [0.717, 1.165) is 35.9 Å². The molecule has 0 spiro atoms. The van der Waals surface area contributed by atoms with Crippen molar-refractivity contribution >= 4 is 42.8 Å². The van der Waals surface area contributed by atoms with Crippen LogP contribution < -0.4 is 14.8 Å². The van der Waals surface area contributed by atoms with Crippen LogP contribution in [0.5, 0.6) is 5.75 Å². The summed E-state index contributed by atoms with van der Waals surface area (Å²) >= 11 is 3.04. The first-order chi connectivity index (χ1) is 16.1. The van der Waals surface area contributed by atoms with E-state index in [0.29, 0.717) is 31.3 Å². The maximum absolute atomic E-state index is 12.8. The Balaban J connectivity index is 1.33. The Hall–Kier alpha value is -2.44. The lowest BCUT2D eigenvalue weighted by Crippen LogP contribution is -2.38.